The van der Waals surface area contributed by atoms with E-state index in [1.54, 1.807) is 0 Å². The van der Waals surface area contributed by atoms with Crippen LogP contribution in [0.2, 0.25) is 0 Å². The van der Waals surface area contributed by atoms with Crippen molar-refractivity contribution in [3.05, 3.63) is 48.6 Å². The van der Waals surface area contributed by atoms with Gasteiger partial charge in [0.15, 0.2) is 5.82 Å². The van der Waals surface area contributed by atoms with Gasteiger partial charge in [0.1, 0.15) is 23.3 Å². The van der Waals surface area contributed by atoms with Crippen molar-refractivity contribution in [3.8, 4) is 11.8 Å². The van der Waals surface area contributed by atoms with Gasteiger partial charge in [0.05, 0.1) is 29.8 Å². The first kappa shape index (κ1) is 21.9. The fraction of sp³-hybridized carbons (Fsp3) is 0.286. The molecule has 0 N–H and O–H groups in total. The highest BCUT2D eigenvalue weighted by molar-refractivity contribution is 5.93. The van der Waals surface area contributed by atoms with Gasteiger partial charge in [0.2, 0.25) is 0 Å². The van der Waals surface area contributed by atoms with Gasteiger partial charge < -0.3 is 4.90 Å². The van der Waals surface area contributed by atoms with Crippen LogP contribution < -0.4 is 4.90 Å². The Morgan fingerprint density at radius 2 is 2.00 bits per heavy atom. The zero-order valence-corrected chi connectivity index (χ0v) is 17.1. The summed E-state index contributed by atoms with van der Waals surface area (Å²) in [5.41, 5.74) is -1.84. The largest absolute Gasteiger partial charge is 0.405 e. The zero-order valence-electron chi connectivity index (χ0n) is 17.1. The molecule has 34 heavy (non-hydrogen) atoms. The molecular formula is C21H13F6N7. The van der Waals surface area contributed by atoms with Crippen LogP contribution in [0.4, 0.5) is 37.8 Å². The molecule has 1 aliphatic rings. The third kappa shape index (κ3) is 3.74. The fourth-order valence-electron chi connectivity index (χ4n) is 3.55. The minimum Gasteiger partial charge on any atom is -0.320 e. The number of hydrogen-bond acceptors (Lipinski definition) is 6. The lowest BCUT2D eigenvalue weighted by Crippen LogP contribution is -2.26. The quantitative estimate of drug-likeness (QED) is 0.322. The first-order valence-corrected chi connectivity index (χ1v) is 9.93. The molecule has 4 heterocycles. The number of fused-ring (bicyclic) bond motifs is 3. The third-order valence-electron chi connectivity index (χ3n) is 5.45. The average molecular weight is 477 g/mol. The molecule has 0 aromatic carbocycles. The highest BCUT2D eigenvalue weighted by Crippen LogP contribution is 2.57. The molecule has 1 saturated carbocycles. The summed E-state index contributed by atoms with van der Waals surface area (Å²) < 4.78 is 82.9. The zero-order chi connectivity index (χ0) is 24.1. The lowest BCUT2D eigenvalue weighted by molar-refractivity contribution is -0.168. The van der Waals surface area contributed by atoms with Crippen molar-refractivity contribution in [2.24, 2.45) is 5.41 Å². The Morgan fingerprint density at radius 3 is 2.71 bits per heavy atom. The van der Waals surface area contributed by atoms with Crippen LogP contribution in [0.15, 0.2) is 37.1 Å². The molecule has 0 aliphatic heterocycles. The molecule has 5 rings (SSSR count). The second-order valence-electron chi connectivity index (χ2n) is 7.68. The van der Waals surface area contributed by atoms with Crippen LogP contribution in [0.25, 0.3) is 16.7 Å². The van der Waals surface area contributed by atoms with E-state index in [1.165, 1.54) is 35.3 Å². The van der Waals surface area contributed by atoms with E-state index < -0.39 is 30.4 Å². The minimum absolute atomic E-state index is 0.0177. The van der Waals surface area contributed by atoms with Crippen molar-refractivity contribution < 1.29 is 26.3 Å². The minimum atomic E-state index is -4.47. The summed E-state index contributed by atoms with van der Waals surface area (Å²) in [6.45, 7) is -0.891. The predicted octanol–water partition coefficient (Wildman–Crippen LogP) is 4.30. The number of hydrogen-bond donors (Lipinski definition) is 0. The van der Waals surface area contributed by atoms with Gasteiger partial charge in [0.25, 0.3) is 12.2 Å². The third-order valence-corrected chi connectivity index (χ3v) is 5.45. The van der Waals surface area contributed by atoms with Crippen molar-refractivity contribution in [2.45, 2.75) is 25.4 Å². The van der Waals surface area contributed by atoms with Crippen LogP contribution in [0, 0.1) is 23.1 Å². The number of pyridine rings is 2. The Labute approximate surface area is 187 Å². The van der Waals surface area contributed by atoms with E-state index in [4.69, 9.17) is 0 Å². The van der Waals surface area contributed by atoms with E-state index in [-0.39, 0.29) is 46.7 Å². The molecule has 0 unspecified atom stereocenters. The number of alkyl halides is 5. The molecule has 0 amide bonds. The van der Waals surface area contributed by atoms with Gasteiger partial charge in [-0.1, -0.05) is 5.92 Å². The van der Waals surface area contributed by atoms with Crippen molar-refractivity contribution in [2.75, 3.05) is 11.4 Å². The van der Waals surface area contributed by atoms with E-state index in [1.807, 2.05) is 0 Å². The van der Waals surface area contributed by atoms with Gasteiger partial charge in [0, 0.05) is 11.9 Å². The maximum atomic E-state index is 14.8. The maximum Gasteiger partial charge on any atom is 0.405 e. The van der Waals surface area contributed by atoms with Crippen molar-refractivity contribution >= 4 is 28.2 Å². The van der Waals surface area contributed by atoms with Crippen molar-refractivity contribution in [1.82, 2.24) is 29.5 Å². The summed E-state index contributed by atoms with van der Waals surface area (Å²) in [6.07, 6.45) is -2.82. The Kier molecular flexibility index (Phi) is 5.03. The fourth-order valence-corrected chi connectivity index (χ4v) is 3.55. The Hall–Kier alpha value is -3.95. The second-order valence-corrected chi connectivity index (χ2v) is 7.68. The molecule has 0 atom stereocenters. The van der Waals surface area contributed by atoms with Gasteiger partial charge in [-0.3, -0.25) is 9.38 Å². The van der Waals surface area contributed by atoms with Crippen molar-refractivity contribution in [3.63, 3.8) is 0 Å². The molecule has 0 spiro atoms. The smallest absolute Gasteiger partial charge is 0.320 e. The van der Waals surface area contributed by atoms with Crippen LogP contribution in [0.1, 0.15) is 18.5 Å². The number of aromatic nitrogens is 6. The average Bonchev–Trinajstić information content (AvgIpc) is 3.45. The number of nitrogens with zero attached hydrogens (tertiary/aromatic N) is 7. The number of rotatable bonds is 4. The molecule has 0 bridgehead atoms. The Balaban J connectivity index is 1.64. The molecule has 1 fully saturated rings. The topological polar surface area (TPSA) is 72.1 Å². The van der Waals surface area contributed by atoms with E-state index in [0.29, 0.717) is 0 Å². The Bertz CT molecular complexity index is 1450. The van der Waals surface area contributed by atoms with Crippen LogP contribution in [0.3, 0.4) is 0 Å². The van der Waals surface area contributed by atoms with Gasteiger partial charge in [-0.05, 0) is 30.9 Å². The first-order chi connectivity index (χ1) is 16.2. The lowest BCUT2D eigenvalue weighted by atomic mass is 10.1. The molecular weight excluding hydrogens is 464 g/mol. The highest BCUT2D eigenvalue weighted by Gasteiger charge is 2.62. The van der Waals surface area contributed by atoms with Gasteiger partial charge >= 0.3 is 6.18 Å². The molecule has 4 aromatic heterocycles. The van der Waals surface area contributed by atoms with E-state index in [2.05, 4.69) is 37.0 Å². The van der Waals surface area contributed by atoms with Crippen LogP contribution in [0.5, 0.6) is 0 Å². The summed E-state index contributed by atoms with van der Waals surface area (Å²) in [5.74, 6) is 3.64. The first-order valence-electron chi connectivity index (χ1n) is 9.93. The molecule has 7 nitrogen and oxygen atoms in total. The van der Waals surface area contributed by atoms with Gasteiger partial charge in [-0.15, -0.1) is 10.2 Å². The SMILES string of the molecule is Fc1cncc2c1c(N(CC(F)F)c1ccnc(C#CC3(C(F)(F)F)CC3)c1)nc1nncn12. The van der Waals surface area contributed by atoms with E-state index >= 15 is 0 Å². The van der Waals surface area contributed by atoms with Gasteiger partial charge in [-0.2, -0.15) is 18.2 Å². The van der Waals surface area contributed by atoms with Gasteiger partial charge in [-0.25, -0.2) is 18.2 Å². The standard InChI is InChI=1S/C21H13F6N7/c22-14-8-28-9-15-17(14)18(31-19-32-30-11-34(15)19)33(10-16(23)24)13-2-6-29-12(7-13)1-3-20(4-5-20)21(25,26)27/h2,6-9,11,16H,4-5,10H2. The van der Waals surface area contributed by atoms with Crippen LogP contribution >= 0.6 is 0 Å². The summed E-state index contributed by atoms with van der Waals surface area (Å²) in [6, 6.07) is 2.60. The molecule has 0 radical (unpaired) electrons. The number of anilines is 2. The van der Waals surface area contributed by atoms with Crippen molar-refractivity contribution in [1.29, 1.82) is 0 Å². The highest BCUT2D eigenvalue weighted by atomic mass is 19.4. The monoisotopic (exact) mass is 477 g/mol. The lowest BCUT2D eigenvalue weighted by Gasteiger charge is -2.25. The number of halogens is 6. The summed E-state index contributed by atoms with van der Waals surface area (Å²) in [5, 5.41) is 7.42. The molecule has 13 heteroatoms. The summed E-state index contributed by atoms with van der Waals surface area (Å²) >= 11 is 0. The predicted molar refractivity (Wildman–Crippen MR) is 108 cm³/mol. The molecule has 1 aliphatic carbocycles. The van der Waals surface area contributed by atoms with Crippen LogP contribution in [-0.2, 0) is 0 Å². The summed E-state index contributed by atoms with van der Waals surface area (Å²) in [4.78, 5) is 13.0. The molecule has 174 valence electrons. The van der Waals surface area contributed by atoms with Crippen LogP contribution in [-0.4, -0.2) is 48.7 Å². The molecule has 0 saturated heterocycles. The molecule has 4 aromatic rings. The Morgan fingerprint density at radius 1 is 1.21 bits per heavy atom. The normalized spacial score (nSPS) is 14.9. The maximum absolute atomic E-state index is 14.8. The van der Waals surface area contributed by atoms with E-state index in [0.717, 1.165) is 11.1 Å². The summed E-state index contributed by atoms with van der Waals surface area (Å²) in [7, 11) is 0. The second kappa shape index (κ2) is 7.82. The van der Waals surface area contributed by atoms with E-state index in [9.17, 15) is 26.3 Å².